The summed E-state index contributed by atoms with van der Waals surface area (Å²) in [6.07, 6.45) is 0. The molecule has 0 heterocycles. The molecule has 0 bridgehead atoms. The van der Waals surface area contributed by atoms with Crippen molar-refractivity contribution in [3.05, 3.63) is 121 Å². The maximum atomic E-state index is 3.20. The van der Waals surface area contributed by atoms with Crippen molar-refractivity contribution in [3.8, 4) is 0 Å². The Balaban J connectivity index is 2.23. The molecule has 4 rings (SSSR count). The molecule has 4 aromatic rings. The third-order valence-electron chi connectivity index (χ3n) is 5.55. The molecule has 1 radical (unpaired) electrons. The van der Waals surface area contributed by atoms with Crippen molar-refractivity contribution in [3.63, 3.8) is 0 Å². The van der Waals surface area contributed by atoms with Crippen LogP contribution in [-0.4, -0.2) is 6.66 Å². The Hall–Kier alpha value is -2.69. The molecule has 4 aromatic carbocycles. The van der Waals surface area contributed by atoms with E-state index in [1.165, 1.54) is 21.2 Å². The fourth-order valence-corrected chi connectivity index (χ4v) is 9.48. The molecule has 0 fully saturated rings. The topological polar surface area (TPSA) is 0 Å². The number of hydrogen-bond acceptors (Lipinski definition) is 0. The van der Waals surface area contributed by atoms with Crippen molar-refractivity contribution in [2.45, 2.75) is 0 Å². The molecule has 0 aromatic heterocycles. The predicted molar refractivity (Wildman–Crippen MR) is 116 cm³/mol. The summed E-state index contributed by atoms with van der Waals surface area (Å²) in [6, 6.07) is 44.7. The molecule has 0 amide bonds. The zero-order valence-corrected chi connectivity index (χ0v) is 15.8. The van der Waals surface area contributed by atoms with Gasteiger partial charge in [0.15, 0.2) is 0 Å². The second-order valence-electron chi connectivity index (χ2n) is 6.83. The molecule has 0 aliphatic heterocycles. The zero-order valence-electron chi connectivity index (χ0n) is 14.9. The normalized spacial score (nSPS) is 12.9. The van der Waals surface area contributed by atoms with Gasteiger partial charge in [0.1, 0.15) is 0 Å². The Bertz CT molecular complexity index is 808. The van der Waals surface area contributed by atoms with Gasteiger partial charge in [0.2, 0.25) is 0 Å². The molecule has 0 N–H and O–H groups in total. The Morgan fingerprint density at radius 3 is 1.12 bits per heavy atom. The van der Waals surface area contributed by atoms with Crippen molar-refractivity contribution >= 4 is 27.8 Å². The molecular weight excluding hydrogens is 331 g/mol. The second kappa shape index (κ2) is 6.56. The summed E-state index contributed by atoms with van der Waals surface area (Å²) in [6.45, 7) is -0.363. The quantitative estimate of drug-likeness (QED) is 0.481. The summed E-state index contributed by atoms with van der Waals surface area (Å²) in [5.74, 6) is 0. The maximum absolute atomic E-state index is 3.20. The molecule has 127 valence electrons. The van der Waals surface area contributed by atoms with Crippen LogP contribution in [0.2, 0.25) is 0 Å². The van der Waals surface area contributed by atoms with E-state index in [2.05, 4.69) is 116 Å². The fraction of sp³-hybridized carbons (Fsp3) is 0.0400. The van der Waals surface area contributed by atoms with Gasteiger partial charge >= 0.3 is 156 Å². The van der Waals surface area contributed by atoms with Crippen molar-refractivity contribution in [1.82, 2.24) is 0 Å². The molecule has 0 atom stereocenters. The van der Waals surface area contributed by atoms with Crippen LogP contribution < -0.4 is 21.2 Å². The summed E-state index contributed by atoms with van der Waals surface area (Å²) in [4.78, 5) is 0. The predicted octanol–water partition coefficient (Wildman–Crippen LogP) is 4.27. The first-order chi connectivity index (χ1) is 12.7. The average molecular weight is 353 g/mol. The van der Waals surface area contributed by atoms with Crippen LogP contribution in [0.3, 0.4) is 0 Å². The van der Waals surface area contributed by atoms with E-state index in [0.717, 1.165) is 0 Å². The third kappa shape index (κ3) is 2.34. The Kier molecular flexibility index (Phi) is 4.23. The van der Waals surface area contributed by atoms with Crippen LogP contribution >= 0.6 is 6.60 Å². The van der Waals surface area contributed by atoms with Crippen LogP contribution in [0.1, 0.15) is 0 Å². The van der Waals surface area contributed by atoms with Crippen LogP contribution in [0.5, 0.6) is 0 Å². The molecule has 0 saturated carbocycles. The Labute approximate surface area is 156 Å². The summed E-state index contributed by atoms with van der Waals surface area (Å²) >= 11 is 0. The van der Waals surface area contributed by atoms with E-state index in [1.807, 2.05) is 12.1 Å². The number of benzene rings is 4. The summed E-state index contributed by atoms with van der Waals surface area (Å²) in [7, 11) is 0. The van der Waals surface area contributed by atoms with Gasteiger partial charge in [-0.2, -0.15) is 0 Å². The zero-order chi connectivity index (χ0) is 17.9. The van der Waals surface area contributed by atoms with Gasteiger partial charge in [0, 0.05) is 0 Å². The molecular formula is C25H22P. The third-order valence-corrected chi connectivity index (χ3v) is 11.9. The standard InChI is InChI=1S/C25H22P/c1-26(22-14-6-2-7-15-22,23-16-8-3-9-17-23,24-18-10-4-11-19-24)25-20-12-5-13-21-25/h2-4,6-21H,1H3. The molecule has 0 spiro atoms. The van der Waals surface area contributed by atoms with Gasteiger partial charge in [0.05, 0.1) is 0 Å². The van der Waals surface area contributed by atoms with Gasteiger partial charge in [-0.3, -0.25) is 0 Å². The summed E-state index contributed by atoms with van der Waals surface area (Å²) < 4.78 is 0. The van der Waals surface area contributed by atoms with Crippen LogP contribution in [0.4, 0.5) is 0 Å². The van der Waals surface area contributed by atoms with Gasteiger partial charge < -0.3 is 0 Å². The molecule has 0 saturated heterocycles. The first-order valence-electron chi connectivity index (χ1n) is 8.90. The molecule has 0 aliphatic carbocycles. The van der Waals surface area contributed by atoms with Crippen molar-refractivity contribution in [2.75, 3.05) is 6.66 Å². The van der Waals surface area contributed by atoms with Gasteiger partial charge in [-0.05, 0) is 0 Å². The van der Waals surface area contributed by atoms with Crippen LogP contribution in [0.25, 0.3) is 0 Å². The molecule has 0 nitrogen and oxygen atoms in total. The number of hydrogen-bond donors (Lipinski definition) is 0. The van der Waals surface area contributed by atoms with E-state index in [4.69, 9.17) is 0 Å². The van der Waals surface area contributed by atoms with Crippen LogP contribution in [0.15, 0.2) is 115 Å². The van der Waals surface area contributed by atoms with E-state index in [9.17, 15) is 0 Å². The van der Waals surface area contributed by atoms with Crippen molar-refractivity contribution in [2.24, 2.45) is 0 Å². The minimum absolute atomic E-state index is 1.36. The first kappa shape index (κ1) is 16.8. The van der Waals surface area contributed by atoms with Gasteiger partial charge in [-0.1, -0.05) is 0 Å². The Morgan fingerprint density at radius 1 is 0.462 bits per heavy atom. The van der Waals surface area contributed by atoms with Gasteiger partial charge in [-0.15, -0.1) is 0 Å². The van der Waals surface area contributed by atoms with E-state index in [0.29, 0.717) is 0 Å². The van der Waals surface area contributed by atoms with Crippen LogP contribution in [0, 0.1) is 6.07 Å². The van der Waals surface area contributed by atoms with E-state index < -0.39 is 6.60 Å². The van der Waals surface area contributed by atoms with Crippen molar-refractivity contribution in [1.29, 1.82) is 0 Å². The van der Waals surface area contributed by atoms with Crippen LogP contribution in [-0.2, 0) is 0 Å². The van der Waals surface area contributed by atoms with E-state index in [-0.39, 0.29) is 0 Å². The summed E-state index contributed by atoms with van der Waals surface area (Å²) in [5, 5.41) is 5.49. The molecule has 1 heteroatoms. The second-order valence-corrected chi connectivity index (χ2v) is 12.0. The molecule has 0 aliphatic rings. The average Bonchev–Trinajstić information content (AvgIpc) is 2.76. The number of rotatable bonds is 4. The molecule has 0 unspecified atom stereocenters. The summed E-state index contributed by atoms with van der Waals surface area (Å²) in [5.41, 5.74) is 0. The van der Waals surface area contributed by atoms with E-state index in [1.54, 1.807) is 0 Å². The monoisotopic (exact) mass is 353 g/mol. The van der Waals surface area contributed by atoms with Gasteiger partial charge in [-0.25, -0.2) is 0 Å². The van der Waals surface area contributed by atoms with Crippen molar-refractivity contribution < 1.29 is 0 Å². The molecule has 26 heavy (non-hydrogen) atoms. The van der Waals surface area contributed by atoms with E-state index >= 15 is 0 Å². The first-order valence-corrected chi connectivity index (χ1v) is 11.6. The SMILES string of the molecule is CP(c1cc[c]cc1)(c1ccccc1)(c1ccccc1)c1ccccc1. The Morgan fingerprint density at radius 2 is 0.769 bits per heavy atom. The fourth-order valence-electron chi connectivity index (χ4n) is 4.05. The van der Waals surface area contributed by atoms with Gasteiger partial charge in [0.25, 0.3) is 0 Å². The minimum atomic E-state index is -2.84.